The average Bonchev–Trinajstić information content (AvgIpc) is 2.64. The van der Waals surface area contributed by atoms with Gasteiger partial charge in [-0.25, -0.2) is 9.69 Å². The number of nitrogens with one attached hydrogen (secondary N) is 1. The number of anilines is 1. The number of benzene rings is 1. The van der Waals surface area contributed by atoms with Gasteiger partial charge in [-0.1, -0.05) is 5.57 Å². The predicted molar refractivity (Wildman–Crippen MR) is 74.2 cm³/mol. The van der Waals surface area contributed by atoms with E-state index in [-0.39, 0.29) is 5.91 Å². The Labute approximate surface area is 116 Å². The molecule has 4 amide bonds. The quantitative estimate of drug-likeness (QED) is 0.637. The van der Waals surface area contributed by atoms with Gasteiger partial charge in [-0.3, -0.25) is 9.59 Å². The molecule has 20 heavy (non-hydrogen) atoms. The molecule has 1 aromatic rings. The van der Waals surface area contributed by atoms with Crippen LogP contribution in [0.4, 0.5) is 10.5 Å². The first-order valence-corrected chi connectivity index (χ1v) is 6.09. The van der Waals surface area contributed by atoms with Crippen molar-refractivity contribution in [2.45, 2.75) is 19.4 Å². The molecule has 1 saturated heterocycles. The van der Waals surface area contributed by atoms with Crippen LogP contribution in [0.3, 0.4) is 0 Å². The monoisotopic (exact) mass is 273 g/mol. The van der Waals surface area contributed by atoms with E-state index in [4.69, 9.17) is 5.73 Å². The second-order valence-electron chi connectivity index (χ2n) is 4.75. The van der Waals surface area contributed by atoms with Gasteiger partial charge in [-0.2, -0.15) is 0 Å². The van der Waals surface area contributed by atoms with Crippen molar-refractivity contribution in [1.82, 2.24) is 5.32 Å². The molecule has 1 fully saturated rings. The van der Waals surface area contributed by atoms with Crippen LogP contribution in [0.5, 0.6) is 0 Å². The average molecular weight is 273 g/mol. The zero-order chi connectivity index (χ0) is 14.9. The molecule has 6 heteroatoms. The van der Waals surface area contributed by atoms with Gasteiger partial charge in [0.25, 0.3) is 5.91 Å². The van der Waals surface area contributed by atoms with Gasteiger partial charge in [0.05, 0.1) is 5.69 Å². The summed E-state index contributed by atoms with van der Waals surface area (Å²) in [5.74, 6) is -0.890. The van der Waals surface area contributed by atoms with Gasteiger partial charge in [-0.05, 0) is 37.6 Å². The summed E-state index contributed by atoms with van der Waals surface area (Å²) in [6.45, 7) is 5.53. The van der Waals surface area contributed by atoms with Crippen LogP contribution in [0.25, 0.3) is 0 Å². The van der Waals surface area contributed by atoms with Crippen LogP contribution in [-0.2, 0) is 4.79 Å². The van der Waals surface area contributed by atoms with Gasteiger partial charge in [0, 0.05) is 5.56 Å². The zero-order valence-electron chi connectivity index (χ0n) is 11.1. The Kier molecular flexibility index (Phi) is 3.56. The Hall–Kier alpha value is -2.63. The first kappa shape index (κ1) is 13.8. The fourth-order valence-electron chi connectivity index (χ4n) is 2.04. The Balaban J connectivity index is 2.24. The molecule has 1 atom stereocenters. The fraction of sp³-hybridized carbons (Fsp3) is 0.214. The van der Waals surface area contributed by atoms with Gasteiger partial charge in [0.1, 0.15) is 6.04 Å². The molecule has 0 spiro atoms. The van der Waals surface area contributed by atoms with Crippen molar-refractivity contribution in [3.05, 3.63) is 42.0 Å². The predicted octanol–water partition coefficient (Wildman–Crippen LogP) is 1.18. The van der Waals surface area contributed by atoms with Crippen LogP contribution < -0.4 is 16.0 Å². The number of hydrogen-bond donors (Lipinski definition) is 2. The molecule has 0 saturated carbocycles. The van der Waals surface area contributed by atoms with E-state index < -0.39 is 18.0 Å². The number of urea groups is 1. The third-order valence-corrected chi connectivity index (χ3v) is 2.98. The van der Waals surface area contributed by atoms with Crippen LogP contribution in [0.15, 0.2) is 36.4 Å². The maximum absolute atomic E-state index is 12.2. The Morgan fingerprint density at radius 2 is 1.95 bits per heavy atom. The van der Waals surface area contributed by atoms with Gasteiger partial charge in [0.15, 0.2) is 0 Å². The van der Waals surface area contributed by atoms with Crippen LogP contribution in [0.1, 0.15) is 23.7 Å². The van der Waals surface area contributed by atoms with E-state index in [0.29, 0.717) is 17.7 Å². The highest BCUT2D eigenvalue weighted by Crippen LogP contribution is 2.22. The maximum atomic E-state index is 12.2. The molecule has 0 bridgehead atoms. The molecule has 0 radical (unpaired) electrons. The maximum Gasteiger partial charge on any atom is 0.329 e. The van der Waals surface area contributed by atoms with Crippen molar-refractivity contribution in [2.75, 3.05) is 4.90 Å². The molecule has 0 aromatic heterocycles. The number of amides is 4. The molecule has 104 valence electrons. The first-order chi connectivity index (χ1) is 9.40. The van der Waals surface area contributed by atoms with Gasteiger partial charge < -0.3 is 11.1 Å². The molecule has 1 unspecified atom stereocenters. The van der Waals surface area contributed by atoms with Gasteiger partial charge in [0.2, 0.25) is 5.91 Å². The van der Waals surface area contributed by atoms with E-state index in [1.165, 1.54) is 24.3 Å². The van der Waals surface area contributed by atoms with E-state index in [0.717, 1.165) is 10.5 Å². The topological polar surface area (TPSA) is 92.5 Å². The molecular formula is C14H15N3O3. The third-order valence-electron chi connectivity index (χ3n) is 2.98. The lowest BCUT2D eigenvalue weighted by Gasteiger charge is -2.13. The third kappa shape index (κ3) is 2.54. The standard InChI is InChI=1S/C14H15N3O3/c1-8(2)7-11-13(19)17(14(20)16-11)10-5-3-9(4-6-10)12(15)18/h3-6,11H,1,7H2,2H3,(H2,15,18)(H,16,20). The van der Waals surface area contributed by atoms with Crippen molar-refractivity contribution in [3.8, 4) is 0 Å². The zero-order valence-corrected chi connectivity index (χ0v) is 11.1. The number of primary amides is 1. The number of carbonyl (C=O) groups is 3. The molecule has 1 heterocycles. The largest absolute Gasteiger partial charge is 0.366 e. The van der Waals surface area contributed by atoms with Crippen molar-refractivity contribution in [2.24, 2.45) is 5.73 Å². The van der Waals surface area contributed by atoms with Crippen LogP contribution in [-0.4, -0.2) is 23.9 Å². The minimum absolute atomic E-state index is 0.319. The van der Waals surface area contributed by atoms with Crippen molar-refractivity contribution in [1.29, 1.82) is 0 Å². The summed E-state index contributed by atoms with van der Waals surface area (Å²) in [5, 5.41) is 2.61. The van der Waals surface area contributed by atoms with Crippen molar-refractivity contribution in [3.63, 3.8) is 0 Å². The summed E-state index contributed by atoms with van der Waals surface area (Å²) >= 11 is 0. The Bertz CT molecular complexity index is 592. The molecule has 6 nitrogen and oxygen atoms in total. The summed E-state index contributed by atoms with van der Waals surface area (Å²) in [6.07, 6.45) is 0.403. The molecule has 1 aliphatic heterocycles. The highest BCUT2D eigenvalue weighted by molar-refractivity contribution is 6.21. The van der Waals surface area contributed by atoms with E-state index in [1.54, 1.807) is 6.92 Å². The summed E-state index contributed by atoms with van der Waals surface area (Å²) in [7, 11) is 0. The SMILES string of the molecule is C=C(C)CC1NC(=O)N(c2ccc(C(N)=O)cc2)C1=O. The lowest BCUT2D eigenvalue weighted by Crippen LogP contribution is -2.31. The fourth-order valence-corrected chi connectivity index (χ4v) is 2.04. The number of imide groups is 1. The number of rotatable bonds is 4. The number of hydrogen-bond acceptors (Lipinski definition) is 3. The Morgan fingerprint density at radius 3 is 2.45 bits per heavy atom. The smallest absolute Gasteiger partial charge is 0.329 e. The molecule has 3 N–H and O–H groups in total. The molecule has 1 aliphatic rings. The van der Waals surface area contributed by atoms with E-state index in [9.17, 15) is 14.4 Å². The summed E-state index contributed by atoms with van der Waals surface area (Å²) in [4.78, 5) is 36.1. The minimum atomic E-state index is -0.587. The highest BCUT2D eigenvalue weighted by atomic mass is 16.2. The van der Waals surface area contributed by atoms with Crippen LogP contribution in [0, 0.1) is 0 Å². The molecule has 0 aliphatic carbocycles. The first-order valence-electron chi connectivity index (χ1n) is 6.09. The summed E-state index contributed by atoms with van der Waals surface area (Å²) < 4.78 is 0. The minimum Gasteiger partial charge on any atom is -0.366 e. The van der Waals surface area contributed by atoms with E-state index in [2.05, 4.69) is 11.9 Å². The van der Waals surface area contributed by atoms with Crippen LogP contribution in [0.2, 0.25) is 0 Å². The lowest BCUT2D eigenvalue weighted by atomic mass is 10.1. The van der Waals surface area contributed by atoms with Crippen molar-refractivity contribution < 1.29 is 14.4 Å². The lowest BCUT2D eigenvalue weighted by molar-refractivity contribution is -0.118. The van der Waals surface area contributed by atoms with E-state index in [1.807, 2.05) is 0 Å². The summed E-state index contributed by atoms with van der Waals surface area (Å²) in [5.41, 5.74) is 6.68. The van der Waals surface area contributed by atoms with Gasteiger partial charge >= 0.3 is 6.03 Å². The second kappa shape index (κ2) is 5.16. The molecule has 2 rings (SSSR count). The van der Waals surface area contributed by atoms with Crippen molar-refractivity contribution >= 4 is 23.5 Å². The number of nitrogens with two attached hydrogens (primary N) is 1. The van der Waals surface area contributed by atoms with Gasteiger partial charge in [-0.15, -0.1) is 6.58 Å². The second-order valence-corrected chi connectivity index (χ2v) is 4.75. The number of nitrogens with zero attached hydrogens (tertiary/aromatic N) is 1. The Morgan fingerprint density at radius 1 is 1.35 bits per heavy atom. The van der Waals surface area contributed by atoms with E-state index >= 15 is 0 Å². The molecule has 1 aromatic carbocycles. The van der Waals surface area contributed by atoms with Crippen LogP contribution >= 0.6 is 0 Å². The normalized spacial score (nSPS) is 18.1. The number of carbonyl (C=O) groups excluding carboxylic acids is 3. The highest BCUT2D eigenvalue weighted by Gasteiger charge is 2.38. The summed E-state index contributed by atoms with van der Waals surface area (Å²) in [6, 6.07) is 4.92. The molecular weight excluding hydrogens is 258 g/mol.